The summed E-state index contributed by atoms with van der Waals surface area (Å²) in [6, 6.07) is 4.91. The van der Waals surface area contributed by atoms with Gasteiger partial charge in [0.25, 0.3) is 0 Å². The Morgan fingerprint density at radius 2 is 2.28 bits per heavy atom. The largest absolute Gasteiger partial charge is 0.473 e. The molecule has 0 saturated heterocycles. The van der Waals surface area contributed by atoms with Crippen LogP contribution in [0.3, 0.4) is 0 Å². The van der Waals surface area contributed by atoms with Gasteiger partial charge in [0.1, 0.15) is 6.61 Å². The Hall–Kier alpha value is -1.35. The highest BCUT2D eigenvalue weighted by molar-refractivity contribution is 5.27. The molecule has 18 heavy (non-hydrogen) atoms. The predicted octanol–water partition coefficient (Wildman–Crippen LogP) is 3.02. The van der Waals surface area contributed by atoms with E-state index in [2.05, 4.69) is 36.8 Å². The first-order valence-electron chi connectivity index (χ1n) is 6.67. The summed E-state index contributed by atoms with van der Waals surface area (Å²) >= 11 is 0. The number of nitrogens with zero attached hydrogens (tertiary/aromatic N) is 1. The summed E-state index contributed by atoms with van der Waals surface area (Å²) in [5.41, 5.74) is 2.34. The molecule has 1 aliphatic carbocycles. The normalized spacial score (nSPS) is 14.8. The second-order valence-electron chi connectivity index (χ2n) is 5.15. The van der Waals surface area contributed by atoms with Crippen molar-refractivity contribution in [3.05, 3.63) is 36.0 Å². The van der Waals surface area contributed by atoms with Gasteiger partial charge in [-0.1, -0.05) is 26.5 Å². The van der Waals surface area contributed by atoms with Gasteiger partial charge in [-0.25, -0.2) is 4.98 Å². The molecule has 0 atom stereocenters. The number of hydrogen-bond acceptors (Lipinski definition) is 3. The molecule has 1 saturated carbocycles. The van der Waals surface area contributed by atoms with Crippen molar-refractivity contribution >= 4 is 0 Å². The third kappa shape index (κ3) is 3.84. The van der Waals surface area contributed by atoms with E-state index in [1.165, 1.54) is 18.4 Å². The fraction of sp³-hybridized carbons (Fsp3) is 0.533. The molecule has 0 aliphatic heterocycles. The lowest BCUT2D eigenvalue weighted by Gasteiger charge is -2.11. The standard InChI is InChI=1S/C15H22N2O/c1-4-7-18-15-9-12(10-16-13-5-6-13)8-14(17-15)11(2)3/h4,8-9,11,13,16H,1,5-7,10H2,2-3H3. The zero-order chi connectivity index (χ0) is 13.0. The van der Waals surface area contributed by atoms with Gasteiger partial charge < -0.3 is 10.1 Å². The topological polar surface area (TPSA) is 34.1 Å². The predicted molar refractivity (Wildman–Crippen MR) is 73.9 cm³/mol. The molecule has 1 fully saturated rings. The summed E-state index contributed by atoms with van der Waals surface area (Å²) < 4.78 is 5.55. The quantitative estimate of drug-likeness (QED) is 0.751. The zero-order valence-corrected chi connectivity index (χ0v) is 11.3. The summed E-state index contributed by atoms with van der Waals surface area (Å²) in [5, 5.41) is 3.52. The summed E-state index contributed by atoms with van der Waals surface area (Å²) in [6.07, 6.45) is 4.36. The van der Waals surface area contributed by atoms with E-state index in [1.54, 1.807) is 6.08 Å². The third-order valence-electron chi connectivity index (χ3n) is 2.99. The minimum atomic E-state index is 0.414. The molecular formula is C15H22N2O. The van der Waals surface area contributed by atoms with Crippen molar-refractivity contribution in [2.24, 2.45) is 0 Å². The van der Waals surface area contributed by atoms with Crippen LogP contribution in [0, 0.1) is 0 Å². The minimum Gasteiger partial charge on any atom is -0.473 e. The Balaban J connectivity index is 2.09. The molecule has 2 rings (SSSR count). The van der Waals surface area contributed by atoms with Gasteiger partial charge in [0.05, 0.1) is 0 Å². The molecule has 0 unspecified atom stereocenters. The summed E-state index contributed by atoms with van der Waals surface area (Å²) in [6.45, 7) is 9.36. The van der Waals surface area contributed by atoms with Crippen molar-refractivity contribution in [1.29, 1.82) is 0 Å². The van der Waals surface area contributed by atoms with E-state index in [1.807, 2.05) is 6.07 Å². The van der Waals surface area contributed by atoms with Gasteiger partial charge in [-0.2, -0.15) is 0 Å². The lowest BCUT2D eigenvalue weighted by molar-refractivity contribution is 0.346. The zero-order valence-electron chi connectivity index (χ0n) is 11.3. The first-order chi connectivity index (χ1) is 8.69. The number of rotatable bonds is 7. The van der Waals surface area contributed by atoms with Crippen LogP contribution in [0.2, 0.25) is 0 Å². The Bertz CT molecular complexity index is 411. The number of aromatic nitrogens is 1. The highest BCUT2D eigenvalue weighted by Gasteiger charge is 2.20. The van der Waals surface area contributed by atoms with Gasteiger partial charge in [0.15, 0.2) is 0 Å². The molecule has 1 N–H and O–H groups in total. The van der Waals surface area contributed by atoms with Crippen molar-refractivity contribution < 1.29 is 4.74 Å². The van der Waals surface area contributed by atoms with Crippen molar-refractivity contribution in [1.82, 2.24) is 10.3 Å². The summed E-state index contributed by atoms with van der Waals surface area (Å²) in [5.74, 6) is 1.12. The second kappa shape index (κ2) is 6.01. The fourth-order valence-electron chi connectivity index (χ4n) is 1.75. The van der Waals surface area contributed by atoms with Crippen LogP contribution in [0.1, 0.15) is 43.9 Å². The van der Waals surface area contributed by atoms with Gasteiger partial charge in [-0.05, 0) is 30.4 Å². The van der Waals surface area contributed by atoms with Gasteiger partial charge in [-0.3, -0.25) is 0 Å². The Morgan fingerprint density at radius 3 is 2.89 bits per heavy atom. The van der Waals surface area contributed by atoms with E-state index in [-0.39, 0.29) is 0 Å². The van der Waals surface area contributed by atoms with Crippen molar-refractivity contribution in [3.63, 3.8) is 0 Å². The van der Waals surface area contributed by atoms with E-state index in [9.17, 15) is 0 Å². The summed E-state index contributed by atoms with van der Waals surface area (Å²) in [7, 11) is 0. The Labute approximate surface area is 109 Å². The monoisotopic (exact) mass is 246 g/mol. The lowest BCUT2D eigenvalue weighted by Crippen LogP contribution is -2.16. The van der Waals surface area contributed by atoms with Crippen LogP contribution in [-0.4, -0.2) is 17.6 Å². The maximum atomic E-state index is 5.55. The first-order valence-corrected chi connectivity index (χ1v) is 6.67. The van der Waals surface area contributed by atoms with Crippen LogP contribution in [0.15, 0.2) is 24.8 Å². The van der Waals surface area contributed by atoms with Gasteiger partial charge >= 0.3 is 0 Å². The van der Waals surface area contributed by atoms with E-state index in [4.69, 9.17) is 4.74 Å². The third-order valence-corrected chi connectivity index (χ3v) is 2.99. The van der Waals surface area contributed by atoms with Crippen LogP contribution in [0.4, 0.5) is 0 Å². The number of ether oxygens (including phenoxy) is 1. The van der Waals surface area contributed by atoms with E-state index < -0.39 is 0 Å². The molecule has 3 nitrogen and oxygen atoms in total. The van der Waals surface area contributed by atoms with Crippen LogP contribution in [0.25, 0.3) is 0 Å². The lowest BCUT2D eigenvalue weighted by atomic mass is 10.1. The van der Waals surface area contributed by atoms with Crippen LogP contribution >= 0.6 is 0 Å². The Kier molecular flexibility index (Phi) is 4.37. The molecule has 0 radical (unpaired) electrons. The number of pyridine rings is 1. The second-order valence-corrected chi connectivity index (χ2v) is 5.15. The molecule has 0 amide bonds. The SMILES string of the molecule is C=CCOc1cc(CNC2CC2)cc(C(C)C)n1. The van der Waals surface area contributed by atoms with Gasteiger partial charge in [0.2, 0.25) is 5.88 Å². The molecular weight excluding hydrogens is 224 g/mol. The number of nitrogens with one attached hydrogen (secondary N) is 1. The molecule has 0 bridgehead atoms. The molecule has 0 aromatic carbocycles. The van der Waals surface area contributed by atoms with Crippen molar-refractivity contribution in [2.45, 2.75) is 45.2 Å². The molecule has 1 aromatic rings. The van der Waals surface area contributed by atoms with E-state index >= 15 is 0 Å². The van der Waals surface area contributed by atoms with Gasteiger partial charge in [0, 0.05) is 24.3 Å². The minimum absolute atomic E-state index is 0.414. The molecule has 98 valence electrons. The van der Waals surface area contributed by atoms with Gasteiger partial charge in [-0.15, -0.1) is 0 Å². The molecule has 1 aromatic heterocycles. The maximum absolute atomic E-state index is 5.55. The molecule has 1 heterocycles. The number of hydrogen-bond donors (Lipinski definition) is 1. The van der Waals surface area contributed by atoms with Crippen molar-refractivity contribution in [3.8, 4) is 5.88 Å². The van der Waals surface area contributed by atoms with E-state index in [0.717, 1.165) is 18.3 Å². The van der Waals surface area contributed by atoms with Crippen LogP contribution < -0.4 is 10.1 Å². The Morgan fingerprint density at radius 1 is 1.50 bits per heavy atom. The average molecular weight is 246 g/mol. The van der Waals surface area contributed by atoms with Crippen molar-refractivity contribution in [2.75, 3.05) is 6.61 Å². The fourth-order valence-corrected chi connectivity index (χ4v) is 1.75. The smallest absolute Gasteiger partial charge is 0.214 e. The van der Waals surface area contributed by atoms with Crippen LogP contribution in [-0.2, 0) is 6.54 Å². The average Bonchev–Trinajstić information content (AvgIpc) is 3.17. The van der Waals surface area contributed by atoms with E-state index in [0.29, 0.717) is 18.4 Å². The highest BCUT2D eigenvalue weighted by atomic mass is 16.5. The molecule has 3 heteroatoms. The molecule has 1 aliphatic rings. The highest BCUT2D eigenvalue weighted by Crippen LogP contribution is 2.22. The van der Waals surface area contributed by atoms with Crippen LogP contribution in [0.5, 0.6) is 5.88 Å². The first kappa shape index (κ1) is 13.1. The summed E-state index contributed by atoms with van der Waals surface area (Å²) in [4.78, 5) is 4.52. The maximum Gasteiger partial charge on any atom is 0.214 e. The molecule has 0 spiro atoms.